The number of hydrogen-bond donors (Lipinski definition) is 2. The lowest BCUT2D eigenvalue weighted by molar-refractivity contribution is 0.234. The topological polar surface area (TPSA) is 59.6 Å². The molecule has 0 aromatic heterocycles. The van der Waals surface area contributed by atoms with Gasteiger partial charge in [0.15, 0.2) is 6.73 Å². The van der Waals surface area contributed by atoms with Crippen molar-refractivity contribution in [2.45, 2.75) is 20.3 Å². The molecule has 5 heteroatoms. The van der Waals surface area contributed by atoms with Gasteiger partial charge in [0.25, 0.3) is 0 Å². The number of para-hydroxylation sites is 1. The zero-order valence-electron chi connectivity index (χ0n) is 13.5. The van der Waals surface area contributed by atoms with Crippen LogP contribution in [0, 0.1) is 0 Å². The van der Waals surface area contributed by atoms with Crippen molar-refractivity contribution in [3.63, 3.8) is 0 Å². The Balaban J connectivity index is 1.78. The highest BCUT2D eigenvalue weighted by Crippen LogP contribution is 2.18. The van der Waals surface area contributed by atoms with E-state index in [2.05, 4.69) is 17.6 Å². The van der Waals surface area contributed by atoms with Gasteiger partial charge in [0, 0.05) is 5.69 Å². The number of hydrogen-bond acceptors (Lipinski definition) is 3. The maximum Gasteiger partial charge on any atom is 0.321 e. The van der Waals surface area contributed by atoms with Crippen molar-refractivity contribution >= 4 is 11.7 Å². The van der Waals surface area contributed by atoms with Crippen molar-refractivity contribution in [1.82, 2.24) is 5.32 Å². The van der Waals surface area contributed by atoms with E-state index in [9.17, 15) is 4.79 Å². The second-order valence-electron chi connectivity index (χ2n) is 4.84. The fraction of sp³-hybridized carbons (Fsp3) is 0.278. The number of nitrogens with one attached hydrogen (secondary N) is 2. The van der Waals surface area contributed by atoms with Gasteiger partial charge in [0.2, 0.25) is 0 Å². The number of aryl methyl sites for hydroxylation is 1. The highest BCUT2D eigenvalue weighted by molar-refractivity contribution is 5.89. The van der Waals surface area contributed by atoms with Gasteiger partial charge in [0.1, 0.15) is 11.5 Å². The average Bonchev–Trinajstić information content (AvgIpc) is 2.57. The fourth-order valence-electron chi connectivity index (χ4n) is 2.09. The molecule has 0 aliphatic rings. The molecule has 0 atom stereocenters. The third kappa shape index (κ3) is 5.21. The summed E-state index contributed by atoms with van der Waals surface area (Å²) in [4.78, 5) is 11.8. The molecule has 0 aliphatic heterocycles. The van der Waals surface area contributed by atoms with E-state index in [0.717, 1.165) is 23.5 Å². The average molecular weight is 314 g/mol. The van der Waals surface area contributed by atoms with Crippen molar-refractivity contribution < 1.29 is 14.3 Å². The molecule has 0 fully saturated rings. The van der Waals surface area contributed by atoms with Crippen LogP contribution in [0.1, 0.15) is 19.4 Å². The molecule has 0 aliphatic carbocycles. The molecule has 122 valence electrons. The third-order valence-corrected chi connectivity index (χ3v) is 3.24. The summed E-state index contributed by atoms with van der Waals surface area (Å²) in [5.74, 6) is 1.56. The van der Waals surface area contributed by atoms with E-state index in [1.165, 1.54) is 0 Å². The Bertz CT molecular complexity index is 626. The maximum atomic E-state index is 11.8. The number of anilines is 1. The Morgan fingerprint density at radius 1 is 1.00 bits per heavy atom. The first-order chi connectivity index (χ1) is 11.2. The Labute approximate surface area is 136 Å². The summed E-state index contributed by atoms with van der Waals surface area (Å²) in [5.41, 5.74) is 1.81. The number of ether oxygens (including phenoxy) is 2. The molecule has 5 nitrogen and oxygen atoms in total. The minimum Gasteiger partial charge on any atom is -0.494 e. The van der Waals surface area contributed by atoms with Gasteiger partial charge in [-0.05, 0) is 49.2 Å². The lowest BCUT2D eigenvalue weighted by Crippen LogP contribution is -2.32. The fourth-order valence-corrected chi connectivity index (χ4v) is 2.09. The van der Waals surface area contributed by atoms with Gasteiger partial charge in [-0.1, -0.05) is 25.1 Å². The van der Waals surface area contributed by atoms with E-state index in [-0.39, 0.29) is 12.8 Å². The highest BCUT2D eigenvalue weighted by Gasteiger charge is 2.04. The van der Waals surface area contributed by atoms with E-state index in [4.69, 9.17) is 9.47 Å². The van der Waals surface area contributed by atoms with E-state index >= 15 is 0 Å². The molecule has 2 N–H and O–H groups in total. The monoisotopic (exact) mass is 314 g/mol. The summed E-state index contributed by atoms with van der Waals surface area (Å²) in [6, 6.07) is 14.7. The van der Waals surface area contributed by atoms with Crippen LogP contribution in [0.3, 0.4) is 0 Å². The summed E-state index contributed by atoms with van der Waals surface area (Å²) in [5, 5.41) is 5.41. The van der Waals surface area contributed by atoms with Crippen LogP contribution in [0.15, 0.2) is 48.5 Å². The number of urea groups is 1. The molecule has 0 bridgehead atoms. The normalized spacial score (nSPS) is 10.0. The van der Waals surface area contributed by atoms with Crippen molar-refractivity contribution in [3.8, 4) is 11.5 Å². The van der Waals surface area contributed by atoms with Gasteiger partial charge in [0.05, 0.1) is 6.61 Å². The van der Waals surface area contributed by atoms with Crippen LogP contribution in [0.4, 0.5) is 10.5 Å². The second kappa shape index (κ2) is 8.68. The molecule has 0 unspecified atom stereocenters. The summed E-state index contributed by atoms with van der Waals surface area (Å²) in [6.45, 7) is 4.72. The standard InChI is InChI=1S/C18H22N2O3/c1-3-14-7-5-6-8-17(14)23-13-19-18(21)20-15-9-11-16(12-10-15)22-4-2/h5-12H,3-4,13H2,1-2H3,(H2,19,20,21). The first-order valence-corrected chi connectivity index (χ1v) is 7.71. The summed E-state index contributed by atoms with van der Waals surface area (Å²) < 4.78 is 10.9. The Morgan fingerprint density at radius 2 is 1.74 bits per heavy atom. The van der Waals surface area contributed by atoms with E-state index in [1.54, 1.807) is 12.1 Å². The largest absolute Gasteiger partial charge is 0.494 e. The summed E-state index contributed by atoms with van der Waals surface area (Å²) in [6.07, 6.45) is 0.883. The minimum absolute atomic E-state index is 0.111. The molecule has 2 aromatic rings. The Hall–Kier alpha value is -2.69. The lowest BCUT2D eigenvalue weighted by atomic mass is 10.1. The van der Waals surface area contributed by atoms with E-state index in [1.807, 2.05) is 43.3 Å². The quantitative estimate of drug-likeness (QED) is 0.764. The smallest absolute Gasteiger partial charge is 0.321 e. The molecular weight excluding hydrogens is 292 g/mol. The van der Waals surface area contributed by atoms with Crippen LogP contribution in [-0.4, -0.2) is 19.4 Å². The number of carbonyl (C=O) groups excluding carboxylic acids is 1. The maximum absolute atomic E-state index is 11.8. The Morgan fingerprint density at radius 3 is 2.43 bits per heavy atom. The van der Waals surface area contributed by atoms with Crippen LogP contribution in [0.25, 0.3) is 0 Å². The van der Waals surface area contributed by atoms with Crippen LogP contribution in [0.2, 0.25) is 0 Å². The molecule has 2 rings (SSSR count). The predicted octanol–water partition coefficient (Wildman–Crippen LogP) is 3.81. The first kappa shape index (κ1) is 16.7. The van der Waals surface area contributed by atoms with Gasteiger partial charge in [-0.25, -0.2) is 4.79 Å². The second-order valence-corrected chi connectivity index (χ2v) is 4.84. The summed E-state index contributed by atoms with van der Waals surface area (Å²) in [7, 11) is 0. The van der Waals surface area contributed by atoms with Gasteiger partial charge < -0.3 is 20.1 Å². The molecule has 0 heterocycles. The van der Waals surface area contributed by atoms with Gasteiger partial charge in [-0.3, -0.25) is 0 Å². The van der Waals surface area contributed by atoms with Gasteiger partial charge >= 0.3 is 6.03 Å². The number of benzene rings is 2. The van der Waals surface area contributed by atoms with Crippen LogP contribution in [0.5, 0.6) is 11.5 Å². The molecule has 2 aromatic carbocycles. The Kier molecular flexibility index (Phi) is 6.29. The highest BCUT2D eigenvalue weighted by atomic mass is 16.5. The first-order valence-electron chi connectivity index (χ1n) is 7.71. The van der Waals surface area contributed by atoms with Crippen molar-refractivity contribution in [1.29, 1.82) is 0 Å². The molecule has 23 heavy (non-hydrogen) atoms. The van der Waals surface area contributed by atoms with E-state index < -0.39 is 0 Å². The zero-order chi connectivity index (χ0) is 16.5. The van der Waals surface area contributed by atoms with Crippen LogP contribution < -0.4 is 20.1 Å². The zero-order valence-corrected chi connectivity index (χ0v) is 13.5. The van der Waals surface area contributed by atoms with E-state index in [0.29, 0.717) is 12.3 Å². The molecule has 0 spiro atoms. The third-order valence-electron chi connectivity index (χ3n) is 3.24. The molecule has 0 saturated heterocycles. The lowest BCUT2D eigenvalue weighted by Gasteiger charge is -2.12. The SMILES string of the molecule is CCOc1ccc(NC(=O)NCOc2ccccc2CC)cc1. The minimum atomic E-state index is -0.317. The summed E-state index contributed by atoms with van der Waals surface area (Å²) >= 11 is 0. The van der Waals surface area contributed by atoms with Crippen LogP contribution in [-0.2, 0) is 6.42 Å². The van der Waals surface area contributed by atoms with Gasteiger partial charge in [-0.2, -0.15) is 0 Å². The van der Waals surface area contributed by atoms with Crippen molar-refractivity contribution in [2.24, 2.45) is 0 Å². The van der Waals surface area contributed by atoms with Crippen molar-refractivity contribution in [2.75, 3.05) is 18.7 Å². The number of carbonyl (C=O) groups is 1. The number of rotatable bonds is 7. The van der Waals surface area contributed by atoms with Crippen molar-refractivity contribution in [3.05, 3.63) is 54.1 Å². The van der Waals surface area contributed by atoms with Crippen LogP contribution >= 0.6 is 0 Å². The van der Waals surface area contributed by atoms with Gasteiger partial charge in [-0.15, -0.1) is 0 Å². The molecular formula is C18H22N2O3. The predicted molar refractivity (Wildman–Crippen MR) is 91.1 cm³/mol. The molecule has 0 saturated carbocycles. The number of amides is 2. The molecule has 0 radical (unpaired) electrons. The molecule has 2 amide bonds.